The monoisotopic (exact) mass is 726 g/mol. The van der Waals surface area contributed by atoms with Gasteiger partial charge in [0.25, 0.3) is 0 Å². The van der Waals surface area contributed by atoms with Crippen molar-refractivity contribution >= 4 is 65.6 Å². The molecule has 4 aliphatic carbocycles. The topological polar surface area (TPSA) is 6.48 Å². The lowest BCUT2D eigenvalue weighted by Gasteiger charge is -2.75. The summed E-state index contributed by atoms with van der Waals surface area (Å²) in [6.45, 7) is 0. The van der Waals surface area contributed by atoms with Crippen molar-refractivity contribution in [3.05, 3.63) is 181 Å². The first kappa shape index (κ1) is 31.7. The molecule has 7 aromatic carbocycles. The second kappa shape index (κ2) is 11.9. The number of nitrogens with zero attached hydrogens (tertiary/aromatic N) is 2. The lowest BCUT2D eigenvalue weighted by molar-refractivity contribution is -0.205. The SMILES string of the molecule is c1ccc(-c2cccc(N(c3ccc(C45CC6CC7CC(C4)C65C7)cc3)c3ccc4sc5cc(N(c6ccccc6)c6ccccc6)ccc5c4c3)c2)cc1. The Morgan fingerprint density at radius 2 is 0.964 bits per heavy atom. The quantitative estimate of drug-likeness (QED) is 0.154. The van der Waals surface area contributed by atoms with Crippen molar-refractivity contribution in [1.29, 1.82) is 0 Å². The average Bonchev–Trinajstić information content (AvgIpc) is 3.90. The zero-order chi connectivity index (χ0) is 36.1. The minimum atomic E-state index is 0.439. The Morgan fingerprint density at radius 3 is 1.65 bits per heavy atom. The molecule has 2 unspecified atom stereocenters. The molecule has 2 nitrogen and oxygen atoms in total. The molecule has 4 aliphatic rings. The fraction of sp³-hybridized carbons (Fsp3) is 0.192. The molecule has 0 N–H and O–H groups in total. The van der Waals surface area contributed by atoms with Crippen LogP contribution in [0.2, 0.25) is 0 Å². The van der Waals surface area contributed by atoms with E-state index < -0.39 is 0 Å². The van der Waals surface area contributed by atoms with Gasteiger partial charge >= 0.3 is 0 Å². The summed E-state index contributed by atoms with van der Waals surface area (Å²) in [7, 11) is 0. The fourth-order valence-electron chi connectivity index (χ4n) is 12.2. The molecule has 12 rings (SSSR count). The Bertz CT molecular complexity index is 2660. The molecule has 0 radical (unpaired) electrons. The van der Waals surface area contributed by atoms with Crippen molar-refractivity contribution in [1.82, 2.24) is 0 Å². The Kier molecular flexibility index (Phi) is 6.87. The molecule has 0 aliphatic heterocycles. The molecule has 0 amide bonds. The van der Waals surface area contributed by atoms with Crippen LogP contribution in [0, 0.1) is 23.2 Å². The van der Waals surface area contributed by atoms with Gasteiger partial charge in [-0.1, -0.05) is 97.1 Å². The first-order chi connectivity index (χ1) is 27.2. The Morgan fingerprint density at radius 1 is 0.418 bits per heavy atom. The van der Waals surface area contributed by atoms with Crippen LogP contribution in [0.25, 0.3) is 31.3 Å². The van der Waals surface area contributed by atoms with Gasteiger partial charge in [-0.3, -0.25) is 0 Å². The Balaban J connectivity index is 0.959. The molecule has 2 bridgehead atoms. The second-order valence-corrected chi connectivity index (χ2v) is 17.8. The van der Waals surface area contributed by atoms with Crippen molar-refractivity contribution in [2.45, 2.75) is 37.5 Å². The summed E-state index contributed by atoms with van der Waals surface area (Å²) in [5, 5.41) is 2.59. The van der Waals surface area contributed by atoms with E-state index >= 15 is 0 Å². The van der Waals surface area contributed by atoms with Crippen molar-refractivity contribution in [2.24, 2.45) is 23.2 Å². The second-order valence-electron chi connectivity index (χ2n) is 16.7. The Labute approximate surface area is 327 Å². The smallest absolute Gasteiger partial charge is 0.0476 e. The van der Waals surface area contributed by atoms with Crippen molar-refractivity contribution in [3.8, 4) is 11.1 Å². The van der Waals surface area contributed by atoms with Crippen LogP contribution in [0.5, 0.6) is 0 Å². The van der Waals surface area contributed by atoms with Gasteiger partial charge in [-0.2, -0.15) is 0 Å². The van der Waals surface area contributed by atoms with Gasteiger partial charge in [0.05, 0.1) is 0 Å². The number of rotatable bonds is 8. The molecular formula is C52H42N2S. The van der Waals surface area contributed by atoms with Crippen LogP contribution >= 0.6 is 11.3 Å². The molecule has 55 heavy (non-hydrogen) atoms. The first-order valence-corrected chi connectivity index (χ1v) is 20.9. The van der Waals surface area contributed by atoms with Crippen LogP contribution in [0.4, 0.5) is 34.1 Å². The van der Waals surface area contributed by atoms with Gasteiger partial charge in [0.2, 0.25) is 0 Å². The predicted molar refractivity (Wildman–Crippen MR) is 232 cm³/mol. The molecule has 2 atom stereocenters. The van der Waals surface area contributed by atoms with E-state index in [-0.39, 0.29) is 0 Å². The van der Waals surface area contributed by atoms with E-state index in [2.05, 4.69) is 186 Å². The summed E-state index contributed by atoms with van der Waals surface area (Å²) in [6.07, 6.45) is 7.33. The van der Waals surface area contributed by atoms with Gasteiger partial charge in [0, 0.05) is 59.7 Å². The molecule has 4 fully saturated rings. The van der Waals surface area contributed by atoms with E-state index in [0.717, 1.165) is 34.8 Å². The van der Waals surface area contributed by atoms with Gasteiger partial charge in [-0.25, -0.2) is 0 Å². The summed E-state index contributed by atoms with van der Waals surface area (Å²) in [6, 6.07) is 65.1. The lowest BCUT2D eigenvalue weighted by atomic mass is 9.29. The van der Waals surface area contributed by atoms with Crippen LogP contribution in [0.1, 0.15) is 37.7 Å². The third-order valence-electron chi connectivity index (χ3n) is 14.3. The molecule has 1 aromatic heterocycles. The van der Waals surface area contributed by atoms with Gasteiger partial charge in [-0.05, 0) is 151 Å². The van der Waals surface area contributed by atoms with Gasteiger partial charge in [0.1, 0.15) is 0 Å². The highest BCUT2D eigenvalue weighted by Crippen LogP contribution is 2.86. The number of para-hydroxylation sites is 2. The van der Waals surface area contributed by atoms with E-state index in [1.807, 2.05) is 11.3 Å². The van der Waals surface area contributed by atoms with Crippen molar-refractivity contribution < 1.29 is 0 Å². The summed E-state index contributed by atoms with van der Waals surface area (Å²) < 4.78 is 2.60. The first-order valence-electron chi connectivity index (χ1n) is 20.1. The largest absolute Gasteiger partial charge is 0.310 e. The Hall–Kier alpha value is -5.64. The minimum absolute atomic E-state index is 0.439. The zero-order valence-electron chi connectivity index (χ0n) is 30.8. The highest BCUT2D eigenvalue weighted by atomic mass is 32.1. The summed E-state index contributed by atoms with van der Waals surface area (Å²) in [4.78, 5) is 4.83. The van der Waals surface area contributed by atoms with Gasteiger partial charge < -0.3 is 9.80 Å². The maximum atomic E-state index is 2.50. The number of fused-ring (bicyclic) bond motifs is 4. The van der Waals surface area contributed by atoms with Crippen molar-refractivity contribution in [2.75, 3.05) is 9.80 Å². The molecule has 0 saturated heterocycles. The minimum Gasteiger partial charge on any atom is -0.310 e. The lowest BCUT2D eigenvalue weighted by Crippen LogP contribution is -2.70. The van der Waals surface area contributed by atoms with E-state index in [1.54, 1.807) is 5.56 Å². The summed E-state index contributed by atoms with van der Waals surface area (Å²) >= 11 is 1.88. The molecule has 3 heteroatoms. The van der Waals surface area contributed by atoms with Crippen LogP contribution in [-0.4, -0.2) is 0 Å². The van der Waals surface area contributed by atoms with Crippen LogP contribution < -0.4 is 9.80 Å². The predicted octanol–water partition coefficient (Wildman–Crippen LogP) is 14.7. The highest BCUT2D eigenvalue weighted by molar-refractivity contribution is 7.25. The maximum absolute atomic E-state index is 2.50. The molecular weight excluding hydrogens is 685 g/mol. The van der Waals surface area contributed by atoms with Gasteiger partial charge in [-0.15, -0.1) is 11.3 Å². The van der Waals surface area contributed by atoms with Crippen LogP contribution in [-0.2, 0) is 5.41 Å². The van der Waals surface area contributed by atoms with E-state index in [4.69, 9.17) is 0 Å². The maximum Gasteiger partial charge on any atom is 0.0476 e. The summed E-state index contributed by atoms with van der Waals surface area (Å²) in [5.74, 6) is 2.99. The van der Waals surface area contributed by atoms with E-state index in [0.29, 0.717) is 10.8 Å². The third kappa shape index (κ3) is 4.60. The number of anilines is 6. The fourth-order valence-corrected chi connectivity index (χ4v) is 13.3. The number of thiophene rings is 1. The van der Waals surface area contributed by atoms with Crippen molar-refractivity contribution in [3.63, 3.8) is 0 Å². The summed E-state index contributed by atoms with van der Waals surface area (Å²) in [5.41, 5.74) is 12.2. The van der Waals surface area contributed by atoms with E-state index in [9.17, 15) is 0 Å². The molecule has 4 saturated carbocycles. The average molecular weight is 727 g/mol. The molecule has 266 valence electrons. The molecule has 1 heterocycles. The third-order valence-corrected chi connectivity index (χ3v) is 15.4. The van der Waals surface area contributed by atoms with Gasteiger partial charge in [0.15, 0.2) is 0 Å². The number of hydrogen-bond acceptors (Lipinski definition) is 3. The normalized spacial score (nSPS) is 24.3. The van der Waals surface area contributed by atoms with Crippen LogP contribution in [0.15, 0.2) is 176 Å². The molecule has 1 spiro atoms. The zero-order valence-corrected chi connectivity index (χ0v) is 31.6. The highest BCUT2D eigenvalue weighted by Gasteiger charge is 2.81. The number of hydrogen-bond donors (Lipinski definition) is 0. The van der Waals surface area contributed by atoms with Crippen LogP contribution in [0.3, 0.4) is 0 Å². The number of benzene rings is 7. The molecule has 8 aromatic rings. The standard InChI is InChI=1S/C52H42N2S/c1-4-11-36(12-5-1)37-13-10-18-44(29-37)54(43-21-19-38(20-22-43)51-33-39-27-35-28-40(34-51)52(39,51)32-35)45-24-26-49-48(30-45)47-25-23-46(31-50(47)55-49)53(41-14-6-2-7-15-41)42-16-8-3-9-17-42/h1-26,29-31,35,39-40H,27-28,32-34H2. The van der Waals surface area contributed by atoms with E-state index in [1.165, 1.54) is 80.5 Å².